The third-order valence-electron chi connectivity index (χ3n) is 5.43. The zero-order valence-electron chi connectivity index (χ0n) is 15.7. The van der Waals surface area contributed by atoms with Crippen molar-refractivity contribution in [2.24, 2.45) is 0 Å². The fraction of sp³-hybridized carbons (Fsp3) is 0.273. The molecule has 0 saturated carbocycles. The normalized spacial score (nSPS) is 17.1. The van der Waals surface area contributed by atoms with E-state index in [1.807, 2.05) is 17.4 Å². The molecule has 0 N–H and O–H groups in total. The molecule has 6 heteroatoms. The summed E-state index contributed by atoms with van der Waals surface area (Å²) in [5, 5.41) is 2.93. The SMILES string of the molecule is CCc1cc2c(=O)n(CN3CCc4sccc4C3c3ccccc3)cnc2s1. The van der Waals surface area contributed by atoms with Gasteiger partial charge in [-0.3, -0.25) is 14.3 Å². The molecule has 0 aliphatic carbocycles. The average molecular weight is 408 g/mol. The van der Waals surface area contributed by atoms with Crippen LogP contribution in [0, 0.1) is 0 Å². The maximum Gasteiger partial charge on any atom is 0.263 e. The average Bonchev–Trinajstić information content (AvgIpc) is 3.37. The van der Waals surface area contributed by atoms with E-state index in [1.165, 1.54) is 20.9 Å². The Bertz CT molecular complexity index is 1180. The van der Waals surface area contributed by atoms with E-state index in [0.717, 1.165) is 29.6 Å². The van der Waals surface area contributed by atoms with Crippen LogP contribution in [-0.4, -0.2) is 21.0 Å². The first-order valence-corrected chi connectivity index (χ1v) is 11.3. The van der Waals surface area contributed by atoms with E-state index < -0.39 is 0 Å². The van der Waals surface area contributed by atoms with Gasteiger partial charge in [-0.05, 0) is 41.5 Å². The molecule has 4 heterocycles. The first-order chi connectivity index (χ1) is 13.7. The Kier molecular flexibility index (Phi) is 4.62. The largest absolute Gasteiger partial charge is 0.285 e. The van der Waals surface area contributed by atoms with Gasteiger partial charge < -0.3 is 0 Å². The molecule has 1 aliphatic rings. The van der Waals surface area contributed by atoms with Gasteiger partial charge in [0.2, 0.25) is 0 Å². The lowest BCUT2D eigenvalue weighted by Gasteiger charge is -2.36. The quantitative estimate of drug-likeness (QED) is 0.493. The van der Waals surface area contributed by atoms with Gasteiger partial charge in [0.05, 0.1) is 18.1 Å². The van der Waals surface area contributed by atoms with Crippen molar-refractivity contribution in [2.45, 2.75) is 32.5 Å². The highest BCUT2D eigenvalue weighted by molar-refractivity contribution is 7.18. The Labute approximate surface area is 171 Å². The van der Waals surface area contributed by atoms with E-state index in [-0.39, 0.29) is 11.6 Å². The van der Waals surface area contributed by atoms with Crippen molar-refractivity contribution in [1.82, 2.24) is 14.5 Å². The van der Waals surface area contributed by atoms with Crippen LogP contribution in [0.2, 0.25) is 0 Å². The van der Waals surface area contributed by atoms with Crippen molar-refractivity contribution in [1.29, 1.82) is 0 Å². The number of aromatic nitrogens is 2. The van der Waals surface area contributed by atoms with Gasteiger partial charge in [0, 0.05) is 16.3 Å². The number of hydrogen-bond acceptors (Lipinski definition) is 5. The topological polar surface area (TPSA) is 38.1 Å². The van der Waals surface area contributed by atoms with Crippen LogP contribution in [0.4, 0.5) is 0 Å². The lowest BCUT2D eigenvalue weighted by Crippen LogP contribution is -2.39. The molecule has 28 heavy (non-hydrogen) atoms. The molecule has 0 bridgehead atoms. The standard InChI is InChI=1S/C22H21N3OS2/c1-2-16-12-18-21(28-16)23-13-25(22(18)26)14-24-10-8-19-17(9-11-27-19)20(24)15-6-4-3-5-7-15/h3-7,9,11-13,20H,2,8,10,14H2,1H3. The van der Waals surface area contributed by atoms with E-state index in [1.54, 1.807) is 22.2 Å². The third-order valence-corrected chi connectivity index (χ3v) is 7.62. The highest BCUT2D eigenvalue weighted by Gasteiger charge is 2.30. The number of thiophene rings is 2. The molecule has 1 aromatic carbocycles. The first kappa shape index (κ1) is 17.8. The van der Waals surface area contributed by atoms with Crippen LogP contribution in [0.15, 0.2) is 59.0 Å². The number of nitrogens with zero attached hydrogens (tertiary/aromatic N) is 3. The minimum atomic E-state index is 0.0591. The monoisotopic (exact) mass is 407 g/mol. The van der Waals surface area contributed by atoms with Gasteiger partial charge in [0.1, 0.15) is 11.2 Å². The molecule has 1 unspecified atom stereocenters. The predicted molar refractivity (Wildman–Crippen MR) is 116 cm³/mol. The van der Waals surface area contributed by atoms with Crippen LogP contribution in [0.1, 0.15) is 33.8 Å². The summed E-state index contributed by atoms with van der Waals surface area (Å²) < 4.78 is 1.77. The number of benzene rings is 1. The lowest BCUT2D eigenvalue weighted by molar-refractivity contribution is 0.163. The molecule has 142 valence electrons. The second-order valence-electron chi connectivity index (χ2n) is 7.12. The van der Waals surface area contributed by atoms with Crippen molar-refractivity contribution in [2.75, 3.05) is 6.54 Å². The third kappa shape index (κ3) is 3.02. The van der Waals surface area contributed by atoms with Gasteiger partial charge in [0.25, 0.3) is 5.56 Å². The molecular formula is C22H21N3OS2. The fourth-order valence-electron chi connectivity index (χ4n) is 4.03. The van der Waals surface area contributed by atoms with E-state index in [0.29, 0.717) is 6.67 Å². The van der Waals surface area contributed by atoms with Crippen molar-refractivity contribution < 1.29 is 0 Å². The van der Waals surface area contributed by atoms with Crippen LogP contribution < -0.4 is 5.56 Å². The molecule has 0 saturated heterocycles. The summed E-state index contributed by atoms with van der Waals surface area (Å²) in [6.45, 7) is 3.59. The molecule has 1 aliphatic heterocycles. The van der Waals surface area contributed by atoms with Gasteiger partial charge in [-0.1, -0.05) is 37.3 Å². The van der Waals surface area contributed by atoms with E-state index in [4.69, 9.17) is 0 Å². The van der Waals surface area contributed by atoms with Crippen molar-refractivity contribution >= 4 is 32.9 Å². The zero-order chi connectivity index (χ0) is 19.1. The summed E-state index contributed by atoms with van der Waals surface area (Å²) >= 11 is 3.46. The second-order valence-corrected chi connectivity index (χ2v) is 9.24. The Hall–Kier alpha value is -2.28. The predicted octanol–water partition coefficient (Wildman–Crippen LogP) is 4.69. The minimum Gasteiger partial charge on any atom is -0.285 e. The number of rotatable bonds is 4. The number of hydrogen-bond donors (Lipinski definition) is 0. The zero-order valence-corrected chi connectivity index (χ0v) is 17.3. The molecule has 3 aromatic heterocycles. The van der Waals surface area contributed by atoms with Crippen LogP contribution in [0.5, 0.6) is 0 Å². The molecular weight excluding hydrogens is 386 g/mol. The smallest absolute Gasteiger partial charge is 0.263 e. The highest BCUT2D eigenvalue weighted by atomic mass is 32.1. The Morgan fingerprint density at radius 2 is 2.07 bits per heavy atom. The second kappa shape index (κ2) is 7.28. The highest BCUT2D eigenvalue weighted by Crippen LogP contribution is 2.37. The van der Waals surface area contributed by atoms with Crippen molar-refractivity contribution in [3.8, 4) is 0 Å². The Morgan fingerprint density at radius 1 is 1.21 bits per heavy atom. The minimum absolute atomic E-state index is 0.0591. The summed E-state index contributed by atoms with van der Waals surface area (Å²) in [5.41, 5.74) is 2.70. The maximum absolute atomic E-state index is 13.1. The summed E-state index contributed by atoms with van der Waals surface area (Å²) in [4.78, 5) is 23.5. The maximum atomic E-state index is 13.1. The summed E-state index contributed by atoms with van der Waals surface area (Å²) in [7, 11) is 0. The summed E-state index contributed by atoms with van der Waals surface area (Å²) in [6, 6.07) is 15.0. The summed E-state index contributed by atoms with van der Waals surface area (Å²) in [5.74, 6) is 0. The van der Waals surface area contributed by atoms with Gasteiger partial charge >= 0.3 is 0 Å². The van der Waals surface area contributed by atoms with Gasteiger partial charge in [0.15, 0.2) is 0 Å². The van der Waals surface area contributed by atoms with E-state index in [9.17, 15) is 4.79 Å². The molecule has 0 radical (unpaired) electrons. The Morgan fingerprint density at radius 3 is 2.89 bits per heavy atom. The molecule has 1 atom stereocenters. The molecule has 0 fully saturated rings. The van der Waals surface area contributed by atoms with Crippen LogP contribution in [-0.2, 0) is 19.5 Å². The van der Waals surface area contributed by atoms with Gasteiger partial charge in [-0.15, -0.1) is 22.7 Å². The van der Waals surface area contributed by atoms with E-state index >= 15 is 0 Å². The molecule has 0 amide bonds. The van der Waals surface area contributed by atoms with E-state index in [2.05, 4.69) is 58.6 Å². The first-order valence-electron chi connectivity index (χ1n) is 9.57. The summed E-state index contributed by atoms with van der Waals surface area (Å²) in [6.07, 6.45) is 3.68. The lowest BCUT2D eigenvalue weighted by atomic mass is 9.94. The van der Waals surface area contributed by atoms with Crippen molar-refractivity contribution in [3.05, 3.63) is 85.4 Å². The fourth-order valence-corrected chi connectivity index (χ4v) is 5.86. The van der Waals surface area contributed by atoms with Crippen LogP contribution in [0.25, 0.3) is 10.2 Å². The number of aryl methyl sites for hydroxylation is 1. The number of fused-ring (bicyclic) bond motifs is 2. The molecule has 0 spiro atoms. The molecule has 4 aromatic rings. The molecule has 4 nitrogen and oxygen atoms in total. The Balaban J connectivity index is 1.54. The van der Waals surface area contributed by atoms with Crippen LogP contribution >= 0.6 is 22.7 Å². The van der Waals surface area contributed by atoms with Gasteiger partial charge in [-0.2, -0.15) is 0 Å². The van der Waals surface area contributed by atoms with Gasteiger partial charge in [-0.25, -0.2) is 4.98 Å². The molecule has 5 rings (SSSR count). The van der Waals surface area contributed by atoms with Crippen molar-refractivity contribution in [3.63, 3.8) is 0 Å². The van der Waals surface area contributed by atoms with Crippen LogP contribution in [0.3, 0.4) is 0 Å².